The Morgan fingerprint density at radius 1 is 1.17 bits per heavy atom. The molecule has 7 nitrogen and oxygen atoms in total. The third kappa shape index (κ3) is 3.84. The number of anilines is 2. The maximum atomic E-state index is 10.2. The first-order valence-corrected chi connectivity index (χ1v) is 11.3. The molecular weight excluding hydrogens is 376 g/mol. The number of hydrogen-bond donors (Lipinski definition) is 3. The van der Waals surface area contributed by atoms with Crippen molar-refractivity contribution in [2.75, 3.05) is 56.0 Å². The van der Waals surface area contributed by atoms with Crippen molar-refractivity contribution in [2.45, 2.75) is 25.8 Å². The fourth-order valence-electron chi connectivity index (χ4n) is 5.31. The highest BCUT2D eigenvalue weighted by molar-refractivity contribution is 5.76. The smallest absolute Gasteiger partial charge is 0.172 e. The number of nitrogens with zero attached hydrogens (tertiary/aromatic N) is 4. The number of fused-ring (bicyclic) bond motifs is 3. The van der Waals surface area contributed by atoms with Crippen molar-refractivity contribution in [3.63, 3.8) is 0 Å². The molecule has 160 valence electrons. The van der Waals surface area contributed by atoms with Crippen LogP contribution in [0.2, 0.25) is 0 Å². The van der Waals surface area contributed by atoms with Gasteiger partial charge in [0.25, 0.3) is 0 Å². The summed E-state index contributed by atoms with van der Waals surface area (Å²) in [5.41, 5.74) is 2.55. The highest BCUT2D eigenvalue weighted by Gasteiger charge is 2.34. The second-order valence-corrected chi connectivity index (χ2v) is 9.03. The summed E-state index contributed by atoms with van der Waals surface area (Å²) in [5, 5.41) is 26.0. The topological polar surface area (TPSA) is 76.5 Å². The lowest BCUT2D eigenvalue weighted by atomic mass is 9.85. The van der Waals surface area contributed by atoms with Gasteiger partial charge in [-0.15, -0.1) is 10.2 Å². The van der Waals surface area contributed by atoms with Gasteiger partial charge in [-0.05, 0) is 56.0 Å². The van der Waals surface area contributed by atoms with E-state index in [0.29, 0.717) is 6.04 Å². The van der Waals surface area contributed by atoms with Crippen molar-refractivity contribution in [1.29, 1.82) is 0 Å². The van der Waals surface area contributed by atoms with Crippen LogP contribution in [0.3, 0.4) is 0 Å². The maximum absolute atomic E-state index is 10.2. The van der Waals surface area contributed by atoms with E-state index in [1.165, 1.54) is 32.5 Å². The minimum Gasteiger partial charge on any atom is -0.507 e. The highest BCUT2D eigenvalue weighted by Crippen LogP contribution is 2.36. The first-order valence-electron chi connectivity index (χ1n) is 11.3. The number of benzene rings is 1. The summed E-state index contributed by atoms with van der Waals surface area (Å²) in [5.74, 6) is 2.69. The molecule has 0 saturated carbocycles. The number of phenolic OH excluding ortho intramolecular Hbond substituents is 1. The fourth-order valence-corrected chi connectivity index (χ4v) is 5.31. The Kier molecular flexibility index (Phi) is 5.48. The molecule has 1 aromatic heterocycles. The van der Waals surface area contributed by atoms with Gasteiger partial charge in [-0.2, -0.15) is 0 Å². The van der Waals surface area contributed by atoms with Gasteiger partial charge in [-0.1, -0.05) is 19.1 Å². The van der Waals surface area contributed by atoms with Crippen LogP contribution in [-0.2, 0) is 0 Å². The standard InChI is InChI=1S/C23H32N6O/c1-16(17-6-8-24-9-7-17)14-28-10-11-29-18(15-28)13-25-23-21(29)12-20(26-27-23)19-4-2-3-5-22(19)30/h2-5,12,16-18,24,30H,6-11,13-15H2,1H3,(H,25,27)/t16?,18-/m0/s1. The number of aromatic hydroxyl groups is 1. The van der Waals surface area contributed by atoms with Crippen molar-refractivity contribution in [1.82, 2.24) is 20.4 Å². The average Bonchev–Trinajstić information content (AvgIpc) is 2.79. The number of piperazine rings is 1. The van der Waals surface area contributed by atoms with Gasteiger partial charge in [0, 0.05) is 38.3 Å². The summed E-state index contributed by atoms with van der Waals surface area (Å²) in [7, 11) is 0. The number of aromatic nitrogens is 2. The molecule has 0 aliphatic carbocycles. The predicted molar refractivity (Wildman–Crippen MR) is 120 cm³/mol. The van der Waals surface area contributed by atoms with Crippen LogP contribution >= 0.6 is 0 Å². The van der Waals surface area contributed by atoms with Gasteiger partial charge in [0.05, 0.1) is 17.4 Å². The number of phenols is 1. The zero-order valence-electron chi connectivity index (χ0n) is 17.7. The SMILES string of the molecule is CC(CN1CCN2c3cc(-c4ccccc4O)nnc3NC[C@H]2C1)C1CCNCC1. The zero-order valence-corrected chi connectivity index (χ0v) is 17.7. The van der Waals surface area contributed by atoms with Crippen molar-refractivity contribution in [2.24, 2.45) is 11.8 Å². The Hall–Kier alpha value is -2.38. The van der Waals surface area contributed by atoms with Gasteiger partial charge in [0.2, 0.25) is 0 Å². The highest BCUT2D eigenvalue weighted by atomic mass is 16.3. The lowest BCUT2D eigenvalue weighted by Crippen LogP contribution is -2.58. The molecule has 0 radical (unpaired) electrons. The molecule has 1 aromatic carbocycles. The summed E-state index contributed by atoms with van der Waals surface area (Å²) < 4.78 is 0. The molecule has 5 rings (SSSR count). The van der Waals surface area contributed by atoms with E-state index in [4.69, 9.17) is 0 Å². The van der Waals surface area contributed by atoms with Crippen LogP contribution in [0.25, 0.3) is 11.3 Å². The van der Waals surface area contributed by atoms with Crippen molar-refractivity contribution in [3.8, 4) is 17.0 Å². The molecule has 3 N–H and O–H groups in total. The molecule has 30 heavy (non-hydrogen) atoms. The lowest BCUT2D eigenvalue weighted by Gasteiger charge is -2.46. The van der Waals surface area contributed by atoms with Crippen LogP contribution in [0.15, 0.2) is 30.3 Å². The number of para-hydroxylation sites is 1. The Labute approximate surface area is 178 Å². The molecule has 2 saturated heterocycles. The molecular formula is C23H32N6O. The number of piperidine rings is 1. The van der Waals surface area contributed by atoms with E-state index in [9.17, 15) is 5.11 Å². The predicted octanol–water partition coefficient (Wildman–Crippen LogP) is 2.40. The Morgan fingerprint density at radius 3 is 2.83 bits per heavy atom. The summed E-state index contributed by atoms with van der Waals surface area (Å²) in [6, 6.07) is 9.84. The minimum atomic E-state index is 0.240. The largest absolute Gasteiger partial charge is 0.507 e. The molecule has 0 spiro atoms. The molecule has 0 amide bonds. The Morgan fingerprint density at radius 2 is 2.00 bits per heavy atom. The molecule has 3 aliphatic heterocycles. The van der Waals surface area contributed by atoms with E-state index in [-0.39, 0.29) is 5.75 Å². The molecule has 3 aliphatic rings. The van der Waals surface area contributed by atoms with Crippen molar-refractivity contribution in [3.05, 3.63) is 30.3 Å². The second-order valence-electron chi connectivity index (χ2n) is 9.03. The Balaban J connectivity index is 1.29. The first-order chi connectivity index (χ1) is 14.7. The number of nitrogens with one attached hydrogen (secondary N) is 2. The van der Waals surface area contributed by atoms with Crippen LogP contribution in [0.4, 0.5) is 11.5 Å². The third-order valence-electron chi connectivity index (χ3n) is 7.07. The normalized spacial score (nSPS) is 23.4. The Bertz CT molecular complexity index is 884. The van der Waals surface area contributed by atoms with Crippen LogP contribution in [0.1, 0.15) is 19.8 Å². The van der Waals surface area contributed by atoms with Gasteiger partial charge in [-0.25, -0.2) is 0 Å². The lowest BCUT2D eigenvalue weighted by molar-refractivity contribution is 0.156. The summed E-state index contributed by atoms with van der Waals surface area (Å²) in [6.07, 6.45) is 2.63. The minimum absolute atomic E-state index is 0.240. The van der Waals surface area contributed by atoms with E-state index in [1.807, 2.05) is 18.2 Å². The van der Waals surface area contributed by atoms with Crippen molar-refractivity contribution < 1.29 is 5.11 Å². The zero-order chi connectivity index (χ0) is 20.5. The first kappa shape index (κ1) is 19.6. The number of hydrogen-bond acceptors (Lipinski definition) is 7. The van der Waals surface area contributed by atoms with E-state index in [2.05, 4.69) is 43.6 Å². The van der Waals surface area contributed by atoms with E-state index < -0.39 is 0 Å². The monoisotopic (exact) mass is 408 g/mol. The van der Waals surface area contributed by atoms with Crippen molar-refractivity contribution >= 4 is 11.5 Å². The summed E-state index contributed by atoms with van der Waals surface area (Å²) >= 11 is 0. The van der Waals surface area contributed by atoms with E-state index >= 15 is 0 Å². The van der Waals surface area contributed by atoms with Crippen LogP contribution in [-0.4, -0.2) is 72.1 Å². The summed E-state index contributed by atoms with van der Waals surface area (Å²) in [6.45, 7) is 10.0. The quantitative estimate of drug-likeness (QED) is 0.717. The second kappa shape index (κ2) is 8.40. The molecule has 1 unspecified atom stereocenters. The van der Waals surface area contributed by atoms with E-state index in [0.717, 1.165) is 60.8 Å². The molecule has 7 heteroatoms. The maximum Gasteiger partial charge on any atom is 0.172 e. The molecule has 2 atom stereocenters. The van der Waals surface area contributed by atoms with Crippen LogP contribution < -0.4 is 15.5 Å². The molecule has 4 heterocycles. The van der Waals surface area contributed by atoms with Gasteiger partial charge < -0.3 is 20.6 Å². The third-order valence-corrected chi connectivity index (χ3v) is 7.07. The molecule has 0 bridgehead atoms. The molecule has 2 fully saturated rings. The van der Waals surface area contributed by atoms with Gasteiger partial charge >= 0.3 is 0 Å². The summed E-state index contributed by atoms with van der Waals surface area (Å²) in [4.78, 5) is 5.13. The van der Waals surface area contributed by atoms with Crippen LogP contribution in [0.5, 0.6) is 5.75 Å². The molecule has 2 aromatic rings. The number of rotatable bonds is 4. The average molecular weight is 409 g/mol. The van der Waals surface area contributed by atoms with Crippen LogP contribution in [0, 0.1) is 11.8 Å². The van der Waals surface area contributed by atoms with E-state index in [1.54, 1.807) is 6.07 Å². The van der Waals surface area contributed by atoms with Gasteiger partial charge in [0.1, 0.15) is 5.75 Å². The van der Waals surface area contributed by atoms with Gasteiger partial charge in [-0.3, -0.25) is 4.90 Å². The van der Waals surface area contributed by atoms with Gasteiger partial charge in [0.15, 0.2) is 5.82 Å². The fraction of sp³-hybridized carbons (Fsp3) is 0.565.